The number of amides is 4. The van der Waals surface area contributed by atoms with Crippen LogP contribution in [0.2, 0.25) is 0 Å². The van der Waals surface area contributed by atoms with Crippen LogP contribution in [0, 0.1) is 6.92 Å². The number of carbonyl (C=O) groups excluding carboxylic acids is 2. The smallest absolute Gasteiger partial charge is 0.319 e. The molecule has 1 N–H and O–H groups in total. The number of hydrogen-bond acceptors (Lipinski definition) is 3. The van der Waals surface area contributed by atoms with Crippen LogP contribution in [0.4, 0.5) is 9.59 Å². The predicted octanol–water partition coefficient (Wildman–Crippen LogP) is 1.75. The maximum absolute atomic E-state index is 12.5. The Bertz CT molecular complexity index is 824. The van der Waals surface area contributed by atoms with E-state index in [0.717, 1.165) is 17.9 Å². The third-order valence-electron chi connectivity index (χ3n) is 4.93. The lowest BCUT2D eigenvalue weighted by atomic mass is 10.1. The van der Waals surface area contributed by atoms with Gasteiger partial charge in [0.05, 0.1) is 0 Å². The van der Waals surface area contributed by atoms with E-state index in [9.17, 15) is 9.59 Å². The van der Waals surface area contributed by atoms with E-state index in [-0.39, 0.29) is 12.1 Å². The quantitative estimate of drug-likeness (QED) is 0.873. The number of urea groups is 2. The molecule has 1 aliphatic rings. The molecule has 1 aromatic heterocycles. The summed E-state index contributed by atoms with van der Waals surface area (Å²) in [6.45, 7) is 5.43. The van der Waals surface area contributed by atoms with Gasteiger partial charge in [-0.05, 0) is 18.1 Å². The fraction of sp³-hybridized carbons (Fsp3) is 0.450. The standard InChI is InChI=1S/C20H28N6O2/c1-16-21-7-8-26(16)15-18-6-4-5-17(13-18)14-22-19(27)24-9-11-25(12-10-24)20(28)23(2)3/h4-8,13H,9-12,14-15H2,1-3H3,(H,22,27). The fourth-order valence-electron chi connectivity index (χ4n) is 3.28. The van der Waals surface area contributed by atoms with E-state index < -0.39 is 0 Å². The van der Waals surface area contributed by atoms with Crippen LogP contribution < -0.4 is 5.32 Å². The molecule has 8 heteroatoms. The lowest BCUT2D eigenvalue weighted by Crippen LogP contribution is -2.54. The van der Waals surface area contributed by atoms with E-state index in [1.165, 1.54) is 5.56 Å². The van der Waals surface area contributed by atoms with Crippen LogP contribution in [-0.2, 0) is 13.1 Å². The number of aryl methyl sites for hydroxylation is 1. The molecule has 0 aliphatic carbocycles. The molecule has 150 valence electrons. The van der Waals surface area contributed by atoms with Crippen LogP contribution in [0.25, 0.3) is 0 Å². The number of benzene rings is 1. The Hall–Kier alpha value is -3.03. The minimum atomic E-state index is -0.0900. The summed E-state index contributed by atoms with van der Waals surface area (Å²) in [7, 11) is 3.48. The van der Waals surface area contributed by atoms with Crippen LogP contribution in [0.15, 0.2) is 36.7 Å². The minimum absolute atomic E-state index is 0.00926. The molecule has 3 rings (SSSR count). The predicted molar refractivity (Wildman–Crippen MR) is 107 cm³/mol. The fourth-order valence-corrected chi connectivity index (χ4v) is 3.28. The summed E-state index contributed by atoms with van der Waals surface area (Å²) in [5, 5.41) is 2.99. The molecule has 8 nitrogen and oxygen atoms in total. The van der Waals surface area contributed by atoms with Crippen LogP contribution in [0.5, 0.6) is 0 Å². The van der Waals surface area contributed by atoms with Crippen molar-refractivity contribution < 1.29 is 9.59 Å². The highest BCUT2D eigenvalue weighted by Crippen LogP contribution is 2.10. The minimum Gasteiger partial charge on any atom is -0.334 e. The molecule has 28 heavy (non-hydrogen) atoms. The van der Waals surface area contributed by atoms with Gasteiger partial charge in [-0.15, -0.1) is 0 Å². The maximum Gasteiger partial charge on any atom is 0.319 e. The van der Waals surface area contributed by atoms with Gasteiger partial charge in [0, 0.05) is 65.8 Å². The molecule has 1 fully saturated rings. The van der Waals surface area contributed by atoms with Crippen LogP contribution in [0.1, 0.15) is 17.0 Å². The number of imidazole rings is 1. The molecule has 0 saturated carbocycles. The van der Waals surface area contributed by atoms with Crippen molar-refractivity contribution in [2.24, 2.45) is 0 Å². The lowest BCUT2D eigenvalue weighted by Gasteiger charge is -2.35. The van der Waals surface area contributed by atoms with Gasteiger partial charge in [0.15, 0.2) is 0 Å². The van der Waals surface area contributed by atoms with Gasteiger partial charge in [0.2, 0.25) is 0 Å². The third-order valence-corrected chi connectivity index (χ3v) is 4.93. The van der Waals surface area contributed by atoms with Gasteiger partial charge in [-0.25, -0.2) is 14.6 Å². The van der Waals surface area contributed by atoms with Crippen molar-refractivity contribution in [1.82, 2.24) is 29.6 Å². The third kappa shape index (κ3) is 4.82. The lowest BCUT2D eigenvalue weighted by molar-refractivity contribution is 0.128. The van der Waals surface area contributed by atoms with Crippen molar-refractivity contribution in [3.8, 4) is 0 Å². The van der Waals surface area contributed by atoms with E-state index in [2.05, 4.69) is 27.0 Å². The average molecular weight is 384 g/mol. The summed E-state index contributed by atoms with van der Waals surface area (Å²) in [6, 6.07) is 8.10. The number of hydrogen-bond donors (Lipinski definition) is 1. The zero-order chi connectivity index (χ0) is 20.1. The Morgan fingerprint density at radius 3 is 2.43 bits per heavy atom. The highest BCUT2D eigenvalue weighted by Gasteiger charge is 2.24. The molecule has 1 aliphatic heterocycles. The largest absolute Gasteiger partial charge is 0.334 e. The first-order chi connectivity index (χ1) is 13.4. The number of nitrogens with zero attached hydrogens (tertiary/aromatic N) is 5. The molecule has 2 aromatic rings. The molecule has 0 bridgehead atoms. The zero-order valence-corrected chi connectivity index (χ0v) is 16.8. The van der Waals surface area contributed by atoms with Gasteiger partial charge in [-0.2, -0.15) is 0 Å². The highest BCUT2D eigenvalue weighted by atomic mass is 16.2. The summed E-state index contributed by atoms with van der Waals surface area (Å²) in [5.74, 6) is 0.977. The van der Waals surface area contributed by atoms with Crippen molar-refractivity contribution in [1.29, 1.82) is 0 Å². The Balaban J connectivity index is 1.49. The van der Waals surface area contributed by atoms with E-state index in [0.29, 0.717) is 32.7 Å². The topological polar surface area (TPSA) is 73.7 Å². The Morgan fingerprint density at radius 1 is 1.11 bits per heavy atom. The van der Waals surface area contributed by atoms with Gasteiger partial charge < -0.3 is 24.6 Å². The van der Waals surface area contributed by atoms with Crippen molar-refractivity contribution in [3.63, 3.8) is 0 Å². The molecule has 1 aromatic carbocycles. The van der Waals surface area contributed by atoms with Crippen LogP contribution in [-0.4, -0.2) is 76.6 Å². The van der Waals surface area contributed by atoms with Gasteiger partial charge in [-0.1, -0.05) is 24.3 Å². The van der Waals surface area contributed by atoms with E-state index >= 15 is 0 Å². The van der Waals surface area contributed by atoms with Gasteiger partial charge in [0.25, 0.3) is 0 Å². The van der Waals surface area contributed by atoms with Crippen molar-refractivity contribution in [3.05, 3.63) is 53.6 Å². The molecule has 0 atom stereocenters. The molecule has 2 heterocycles. The number of nitrogens with one attached hydrogen (secondary N) is 1. The second-order valence-electron chi connectivity index (χ2n) is 7.23. The second kappa shape index (κ2) is 8.77. The van der Waals surface area contributed by atoms with E-state index in [4.69, 9.17) is 0 Å². The first-order valence-corrected chi connectivity index (χ1v) is 9.48. The number of rotatable bonds is 4. The summed E-state index contributed by atoms with van der Waals surface area (Å²) < 4.78 is 2.09. The second-order valence-corrected chi connectivity index (χ2v) is 7.23. The molecule has 4 amide bonds. The summed E-state index contributed by atoms with van der Waals surface area (Å²) in [4.78, 5) is 33.8. The zero-order valence-electron chi connectivity index (χ0n) is 16.8. The molecule has 0 radical (unpaired) electrons. The molecule has 0 unspecified atom stereocenters. The van der Waals surface area contributed by atoms with E-state index in [1.807, 2.05) is 25.3 Å². The van der Waals surface area contributed by atoms with Crippen molar-refractivity contribution >= 4 is 12.1 Å². The van der Waals surface area contributed by atoms with Crippen LogP contribution >= 0.6 is 0 Å². The Morgan fingerprint density at radius 2 is 1.79 bits per heavy atom. The average Bonchev–Trinajstić information content (AvgIpc) is 3.10. The van der Waals surface area contributed by atoms with Gasteiger partial charge in [0.1, 0.15) is 5.82 Å². The molecule has 1 saturated heterocycles. The first-order valence-electron chi connectivity index (χ1n) is 9.48. The number of carbonyl (C=O) groups is 2. The van der Waals surface area contributed by atoms with Crippen molar-refractivity contribution in [2.75, 3.05) is 40.3 Å². The number of aromatic nitrogens is 2. The number of piperazine rings is 1. The summed E-state index contributed by atoms with van der Waals surface area (Å²) >= 11 is 0. The monoisotopic (exact) mass is 384 g/mol. The SMILES string of the molecule is Cc1nccn1Cc1cccc(CNC(=O)N2CCN(C(=O)N(C)C)CC2)c1. The first kappa shape index (κ1) is 19.7. The van der Waals surface area contributed by atoms with E-state index in [1.54, 1.807) is 35.0 Å². The molecular weight excluding hydrogens is 356 g/mol. The Kier molecular flexibility index (Phi) is 6.18. The van der Waals surface area contributed by atoms with Gasteiger partial charge >= 0.3 is 12.1 Å². The maximum atomic E-state index is 12.5. The van der Waals surface area contributed by atoms with Crippen LogP contribution in [0.3, 0.4) is 0 Å². The molecule has 0 spiro atoms. The van der Waals surface area contributed by atoms with Crippen molar-refractivity contribution in [2.45, 2.75) is 20.0 Å². The van der Waals surface area contributed by atoms with Gasteiger partial charge in [-0.3, -0.25) is 0 Å². The molecular formula is C20H28N6O2. The summed E-state index contributed by atoms with van der Waals surface area (Å²) in [5.41, 5.74) is 2.23. The Labute approximate surface area is 165 Å². The highest BCUT2D eigenvalue weighted by molar-refractivity contribution is 5.76. The normalized spacial score (nSPS) is 14.1. The summed E-state index contributed by atoms with van der Waals surface area (Å²) in [6.07, 6.45) is 3.76.